The summed E-state index contributed by atoms with van der Waals surface area (Å²) in [7, 11) is 0. The number of hydrogen-bond acceptors (Lipinski definition) is 4. The fraction of sp³-hybridized carbons (Fsp3) is 0.733. The summed E-state index contributed by atoms with van der Waals surface area (Å²) >= 11 is 1.68. The average Bonchev–Trinajstić information content (AvgIpc) is 2.79. The van der Waals surface area contributed by atoms with Crippen LogP contribution in [0.15, 0.2) is 4.99 Å². The highest BCUT2D eigenvalue weighted by atomic mass is 32.1. The molecule has 0 aliphatic heterocycles. The summed E-state index contributed by atoms with van der Waals surface area (Å²) in [5.74, 6) is 0.739. The van der Waals surface area contributed by atoms with E-state index in [1.54, 1.807) is 11.3 Å². The molecule has 6 heteroatoms. The van der Waals surface area contributed by atoms with E-state index in [1.807, 2.05) is 34.6 Å². The largest absolute Gasteiger partial charge is 0.388 e. The minimum absolute atomic E-state index is 0.506. The Morgan fingerprint density at radius 1 is 1.24 bits per heavy atom. The Bertz CT molecular complexity index is 466. The molecule has 0 amide bonds. The van der Waals surface area contributed by atoms with Gasteiger partial charge in [0, 0.05) is 18.0 Å². The zero-order valence-electron chi connectivity index (χ0n) is 13.8. The van der Waals surface area contributed by atoms with Gasteiger partial charge in [-0.25, -0.2) is 9.98 Å². The lowest BCUT2D eigenvalue weighted by atomic mass is 9.98. The molecule has 5 nitrogen and oxygen atoms in total. The molecule has 0 radical (unpaired) electrons. The Labute approximate surface area is 131 Å². The molecule has 3 N–H and O–H groups in total. The summed E-state index contributed by atoms with van der Waals surface area (Å²) in [6, 6.07) is 0. The van der Waals surface area contributed by atoms with Crippen LogP contribution >= 0.6 is 11.3 Å². The number of aromatic nitrogens is 1. The van der Waals surface area contributed by atoms with Crippen LogP contribution in [0.25, 0.3) is 0 Å². The summed E-state index contributed by atoms with van der Waals surface area (Å²) in [5, 5.41) is 17.8. The lowest BCUT2D eigenvalue weighted by Gasteiger charge is -2.26. The number of nitrogens with zero attached hydrogens (tertiary/aromatic N) is 2. The fourth-order valence-electron chi connectivity index (χ4n) is 1.96. The van der Waals surface area contributed by atoms with E-state index < -0.39 is 5.60 Å². The predicted octanol–water partition coefficient (Wildman–Crippen LogP) is 2.37. The second kappa shape index (κ2) is 8.34. The van der Waals surface area contributed by atoms with Crippen LogP contribution in [0.3, 0.4) is 0 Å². The summed E-state index contributed by atoms with van der Waals surface area (Å²) in [6.45, 7) is 12.0. The maximum absolute atomic E-state index is 10.3. The van der Waals surface area contributed by atoms with E-state index in [4.69, 9.17) is 0 Å². The molecule has 120 valence electrons. The van der Waals surface area contributed by atoms with Gasteiger partial charge < -0.3 is 15.7 Å². The van der Waals surface area contributed by atoms with Gasteiger partial charge >= 0.3 is 0 Å². The standard InChI is InChI=1S/C15H28N4OS/c1-6-15(20,7-2)10-18-14(16-8-3)17-9-13-11(4)19-12(5)21-13/h20H,6-10H2,1-5H3,(H2,16,17,18). The van der Waals surface area contributed by atoms with Crippen LogP contribution in [0.5, 0.6) is 0 Å². The highest BCUT2D eigenvalue weighted by molar-refractivity contribution is 7.11. The Balaban J connectivity index is 2.68. The monoisotopic (exact) mass is 312 g/mol. The zero-order valence-corrected chi connectivity index (χ0v) is 14.6. The Morgan fingerprint density at radius 3 is 2.38 bits per heavy atom. The quantitative estimate of drug-likeness (QED) is 0.534. The molecule has 1 aromatic heterocycles. The molecule has 0 aliphatic rings. The van der Waals surface area contributed by atoms with Crippen molar-refractivity contribution < 1.29 is 5.11 Å². The molecule has 0 atom stereocenters. The second-order valence-corrected chi connectivity index (χ2v) is 6.51. The third-order valence-electron chi connectivity index (χ3n) is 3.63. The number of hydrogen-bond donors (Lipinski definition) is 3. The van der Waals surface area contributed by atoms with E-state index >= 15 is 0 Å². The number of aryl methyl sites for hydroxylation is 2. The molecule has 0 saturated heterocycles. The van der Waals surface area contributed by atoms with E-state index in [9.17, 15) is 5.11 Å². The molecule has 21 heavy (non-hydrogen) atoms. The van der Waals surface area contributed by atoms with Gasteiger partial charge in [0.2, 0.25) is 0 Å². The molecular formula is C15H28N4OS. The second-order valence-electron chi connectivity index (χ2n) is 5.22. The Hall–Kier alpha value is -1.14. The normalized spacial score (nSPS) is 12.6. The number of aliphatic imine (C=N–C) groups is 1. The molecule has 0 fully saturated rings. The van der Waals surface area contributed by atoms with E-state index in [-0.39, 0.29) is 0 Å². The average molecular weight is 312 g/mol. The van der Waals surface area contributed by atoms with Gasteiger partial charge in [-0.3, -0.25) is 0 Å². The molecular weight excluding hydrogens is 284 g/mol. The third-order valence-corrected chi connectivity index (χ3v) is 4.68. The lowest BCUT2D eigenvalue weighted by molar-refractivity contribution is 0.0367. The van der Waals surface area contributed by atoms with Gasteiger partial charge in [-0.15, -0.1) is 11.3 Å². The maximum atomic E-state index is 10.3. The Kier molecular flexibility index (Phi) is 7.11. The van der Waals surface area contributed by atoms with Crippen LogP contribution in [0.2, 0.25) is 0 Å². The molecule has 1 rings (SSSR count). The van der Waals surface area contributed by atoms with Gasteiger partial charge in [-0.05, 0) is 33.6 Å². The van der Waals surface area contributed by atoms with E-state index in [2.05, 4.69) is 20.6 Å². The number of thiazole rings is 1. The van der Waals surface area contributed by atoms with Crippen molar-refractivity contribution in [2.45, 2.75) is 59.6 Å². The van der Waals surface area contributed by atoms with Crippen molar-refractivity contribution in [3.05, 3.63) is 15.6 Å². The molecule has 1 aromatic rings. The molecule has 0 spiro atoms. The smallest absolute Gasteiger partial charge is 0.191 e. The molecule has 1 heterocycles. The third kappa shape index (κ3) is 5.63. The summed E-state index contributed by atoms with van der Waals surface area (Å²) in [5.41, 5.74) is 0.378. The molecule has 0 bridgehead atoms. The number of guanidine groups is 1. The van der Waals surface area contributed by atoms with Gasteiger partial charge in [0.05, 0.1) is 22.8 Å². The molecule has 0 unspecified atom stereocenters. The molecule has 0 aliphatic carbocycles. The van der Waals surface area contributed by atoms with Crippen LogP contribution in [0.4, 0.5) is 0 Å². The summed E-state index contributed by atoms with van der Waals surface area (Å²) in [6.07, 6.45) is 1.45. The number of aliphatic hydroxyl groups is 1. The van der Waals surface area contributed by atoms with Crippen molar-refractivity contribution in [1.29, 1.82) is 0 Å². The van der Waals surface area contributed by atoms with Crippen molar-refractivity contribution in [3.63, 3.8) is 0 Å². The van der Waals surface area contributed by atoms with Crippen molar-refractivity contribution >= 4 is 17.3 Å². The van der Waals surface area contributed by atoms with E-state index in [0.29, 0.717) is 13.1 Å². The highest BCUT2D eigenvalue weighted by Crippen LogP contribution is 2.18. The van der Waals surface area contributed by atoms with Crippen molar-refractivity contribution in [2.75, 3.05) is 13.1 Å². The zero-order chi connectivity index (χ0) is 15.9. The summed E-state index contributed by atoms with van der Waals surface area (Å²) < 4.78 is 0. The topological polar surface area (TPSA) is 69.5 Å². The first-order valence-corrected chi connectivity index (χ1v) is 8.43. The first-order valence-electron chi connectivity index (χ1n) is 7.61. The summed E-state index contributed by atoms with van der Waals surface area (Å²) in [4.78, 5) is 10.2. The first kappa shape index (κ1) is 17.9. The van der Waals surface area contributed by atoms with Gasteiger partial charge in [-0.1, -0.05) is 13.8 Å². The predicted molar refractivity (Wildman–Crippen MR) is 89.9 cm³/mol. The minimum atomic E-state index is -0.673. The maximum Gasteiger partial charge on any atom is 0.191 e. The molecule has 0 aromatic carbocycles. The lowest BCUT2D eigenvalue weighted by Crippen LogP contribution is -2.46. The minimum Gasteiger partial charge on any atom is -0.388 e. The van der Waals surface area contributed by atoms with Gasteiger partial charge in [-0.2, -0.15) is 0 Å². The van der Waals surface area contributed by atoms with Crippen LogP contribution < -0.4 is 10.6 Å². The first-order chi connectivity index (χ1) is 9.94. The van der Waals surface area contributed by atoms with Crippen LogP contribution in [0.1, 0.15) is 49.2 Å². The highest BCUT2D eigenvalue weighted by Gasteiger charge is 2.22. The van der Waals surface area contributed by atoms with Crippen molar-refractivity contribution in [3.8, 4) is 0 Å². The van der Waals surface area contributed by atoms with Crippen LogP contribution in [-0.4, -0.2) is 34.7 Å². The van der Waals surface area contributed by atoms with Crippen LogP contribution in [-0.2, 0) is 6.54 Å². The van der Waals surface area contributed by atoms with Gasteiger partial charge in [0.15, 0.2) is 5.96 Å². The van der Waals surface area contributed by atoms with Crippen molar-refractivity contribution in [2.24, 2.45) is 4.99 Å². The van der Waals surface area contributed by atoms with Crippen LogP contribution in [0, 0.1) is 13.8 Å². The van der Waals surface area contributed by atoms with Gasteiger partial charge in [0.25, 0.3) is 0 Å². The molecule has 0 saturated carbocycles. The number of nitrogens with one attached hydrogen (secondary N) is 2. The van der Waals surface area contributed by atoms with Gasteiger partial charge in [0.1, 0.15) is 0 Å². The SMILES string of the molecule is CCNC(=NCc1sc(C)nc1C)NCC(O)(CC)CC. The van der Waals surface area contributed by atoms with Crippen molar-refractivity contribution in [1.82, 2.24) is 15.6 Å². The number of rotatable bonds is 7. The fourth-order valence-corrected chi connectivity index (χ4v) is 2.82. The van der Waals surface area contributed by atoms with E-state index in [1.165, 1.54) is 4.88 Å². The Morgan fingerprint density at radius 2 is 1.90 bits per heavy atom. The van der Waals surface area contributed by atoms with E-state index in [0.717, 1.165) is 36.0 Å².